The first-order valence-electron chi connectivity index (χ1n) is 7.27. The van der Waals surface area contributed by atoms with Gasteiger partial charge >= 0.3 is 0 Å². The van der Waals surface area contributed by atoms with E-state index >= 15 is 0 Å². The van der Waals surface area contributed by atoms with Crippen LogP contribution in [0.15, 0.2) is 22.9 Å². The average molecular weight is 340 g/mol. The van der Waals surface area contributed by atoms with Crippen molar-refractivity contribution in [2.75, 3.05) is 26.2 Å². The monoisotopic (exact) mass is 339 g/mol. The Hall–Kier alpha value is -0.940. The summed E-state index contributed by atoms with van der Waals surface area (Å²) < 4.78 is 0.687. The Morgan fingerprint density at radius 1 is 1.45 bits per heavy atom. The largest absolute Gasteiger partial charge is 0.352 e. The Kier molecular flexibility index (Phi) is 5.98. The molecule has 2 heterocycles. The smallest absolute Gasteiger partial charge is 0.251 e. The van der Waals surface area contributed by atoms with E-state index < -0.39 is 0 Å². The molecule has 20 heavy (non-hydrogen) atoms. The van der Waals surface area contributed by atoms with Crippen LogP contribution in [0, 0.1) is 5.92 Å². The summed E-state index contributed by atoms with van der Waals surface area (Å²) in [6.45, 7) is 6.39. The lowest BCUT2D eigenvalue weighted by Crippen LogP contribution is -2.38. The lowest BCUT2D eigenvalue weighted by Gasteiger charge is -2.29. The number of piperidine rings is 1. The number of hydrogen-bond donors (Lipinski definition) is 1. The summed E-state index contributed by atoms with van der Waals surface area (Å²) >= 11 is 3.28. The van der Waals surface area contributed by atoms with Gasteiger partial charge in [-0.05, 0) is 59.9 Å². The van der Waals surface area contributed by atoms with Gasteiger partial charge in [-0.1, -0.05) is 13.3 Å². The van der Waals surface area contributed by atoms with Gasteiger partial charge in [0.05, 0.1) is 0 Å². The zero-order valence-electron chi connectivity index (χ0n) is 11.9. The second kappa shape index (κ2) is 7.74. The summed E-state index contributed by atoms with van der Waals surface area (Å²) in [5.41, 5.74) is 0.650. The van der Waals surface area contributed by atoms with Crippen molar-refractivity contribution in [1.82, 2.24) is 15.2 Å². The maximum atomic E-state index is 12.0. The fourth-order valence-electron chi connectivity index (χ4n) is 2.56. The second-order valence-electron chi connectivity index (χ2n) is 5.54. The minimum atomic E-state index is -0.0291. The van der Waals surface area contributed by atoms with Crippen molar-refractivity contribution in [1.29, 1.82) is 0 Å². The third-order valence-electron chi connectivity index (χ3n) is 3.62. The summed E-state index contributed by atoms with van der Waals surface area (Å²) in [5, 5.41) is 3.00. The summed E-state index contributed by atoms with van der Waals surface area (Å²) in [7, 11) is 0. The number of likely N-dealkylation sites (tertiary alicyclic amines) is 1. The van der Waals surface area contributed by atoms with Crippen molar-refractivity contribution in [3.8, 4) is 0 Å². The van der Waals surface area contributed by atoms with E-state index in [9.17, 15) is 4.79 Å². The summed E-state index contributed by atoms with van der Waals surface area (Å²) in [4.78, 5) is 18.5. The van der Waals surface area contributed by atoms with Gasteiger partial charge in [0.2, 0.25) is 0 Å². The number of carbonyl (C=O) groups is 1. The molecular formula is C15H22BrN3O. The van der Waals surface area contributed by atoms with E-state index in [1.807, 2.05) is 0 Å². The van der Waals surface area contributed by atoms with Crippen LogP contribution >= 0.6 is 15.9 Å². The predicted octanol–water partition coefficient (Wildman–Crippen LogP) is 2.70. The Bertz CT molecular complexity index is 446. The van der Waals surface area contributed by atoms with Crippen molar-refractivity contribution in [2.45, 2.75) is 26.2 Å². The summed E-state index contributed by atoms with van der Waals surface area (Å²) in [6, 6.07) is 3.47. The molecule has 5 heteroatoms. The van der Waals surface area contributed by atoms with E-state index in [-0.39, 0.29) is 5.91 Å². The lowest BCUT2D eigenvalue weighted by molar-refractivity contribution is 0.0942. The van der Waals surface area contributed by atoms with Crippen molar-refractivity contribution in [3.05, 3.63) is 28.5 Å². The maximum absolute atomic E-state index is 12.0. The number of rotatable bonds is 5. The van der Waals surface area contributed by atoms with Crippen LogP contribution in [0.4, 0.5) is 0 Å². The number of aromatic nitrogens is 1. The summed E-state index contributed by atoms with van der Waals surface area (Å²) in [6.07, 6.45) is 5.61. The number of nitrogens with zero attached hydrogens (tertiary/aromatic N) is 2. The Labute approximate surface area is 129 Å². The lowest BCUT2D eigenvalue weighted by atomic mass is 10.1. The maximum Gasteiger partial charge on any atom is 0.251 e. The first kappa shape index (κ1) is 15.4. The highest BCUT2D eigenvalue weighted by Gasteiger charge is 2.14. The van der Waals surface area contributed by atoms with E-state index in [1.54, 1.807) is 18.3 Å². The van der Waals surface area contributed by atoms with Gasteiger partial charge in [0.25, 0.3) is 5.91 Å². The van der Waals surface area contributed by atoms with Gasteiger partial charge in [-0.15, -0.1) is 0 Å². The van der Waals surface area contributed by atoms with Crippen LogP contribution in [0.25, 0.3) is 0 Å². The molecule has 1 atom stereocenters. The Morgan fingerprint density at radius 2 is 2.20 bits per heavy atom. The molecule has 0 bridgehead atoms. The Balaban J connectivity index is 1.75. The first-order chi connectivity index (χ1) is 9.65. The fraction of sp³-hybridized carbons (Fsp3) is 0.600. The number of hydrogen-bond acceptors (Lipinski definition) is 3. The van der Waals surface area contributed by atoms with Gasteiger partial charge in [-0.3, -0.25) is 4.79 Å². The van der Waals surface area contributed by atoms with Crippen molar-refractivity contribution in [2.24, 2.45) is 5.92 Å². The van der Waals surface area contributed by atoms with Crippen LogP contribution in [-0.4, -0.2) is 42.0 Å². The molecule has 0 saturated carbocycles. The Morgan fingerprint density at radius 3 is 2.90 bits per heavy atom. The highest BCUT2D eigenvalue weighted by molar-refractivity contribution is 9.10. The van der Waals surface area contributed by atoms with E-state index in [1.165, 1.54) is 32.4 Å². The van der Waals surface area contributed by atoms with Gasteiger partial charge in [0, 0.05) is 24.8 Å². The van der Waals surface area contributed by atoms with E-state index in [0.717, 1.165) is 13.1 Å². The topological polar surface area (TPSA) is 45.2 Å². The molecule has 0 aromatic carbocycles. The zero-order chi connectivity index (χ0) is 14.4. The second-order valence-corrected chi connectivity index (χ2v) is 6.36. The SMILES string of the molecule is CC(CNC(=O)c1ccnc(Br)c1)CN1CCCCC1. The quantitative estimate of drug-likeness (QED) is 0.839. The number of halogens is 1. The van der Waals surface area contributed by atoms with Gasteiger partial charge in [0.1, 0.15) is 4.60 Å². The molecule has 4 nitrogen and oxygen atoms in total. The molecule has 1 fully saturated rings. The molecule has 1 N–H and O–H groups in total. The molecule has 1 aromatic rings. The molecule has 1 aliphatic rings. The van der Waals surface area contributed by atoms with Gasteiger partial charge in [-0.2, -0.15) is 0 Å². The normalized spacial score (nSPS) is 17.7. The molecule has 1 aromatic heterocycles. The third kappa shape index (κ3) is 4.87. The van der Waals surface area contributed by atoms with E-state index in [4.69, 9.17) is 0 Å². The van der Waals surface area contributed by atoms with Crippen molar-refractivity contribution < 1.29 is 4.79 Å². The standard InChI is InChI=1S/C15H22BrN3O/c1-12(11-19-7-3-2-4-8-19)10-18-15(20)13-5-6-17-14(16)9-13/h5-6,9,12H,2-4,7-8,10-11H2,1H3,(H,18,20). The molecule has 1 aliphatic heterocycles. The first-order valence-corrected chi connectivity index (χ1v) is 8.06. The van der Waals surface area contributed by atoms with Crippen LogP contribution in [0.1, 0.15) is 36.5 Å². The molecule has 1 unspecified atom stereocenters. The highest BCUT2D eigenvalue weighted by atomic mass is 79.9. The molecule has 110 valence electrons. The molecule has 0 aliphatic carbocycles. The van der Waals surface area contributed by atoms with Crippen LogP contribution < -0.4 is 5.32 Å². The van der Waals surface area contributed by atoms with E-state index in [0.29, 0.717) is 16.1 Å². The predicted molar refractivity (Wildman–Crippen MR) is 83.7 cm³/mol. The van der Waals surface area contributed by atoms with Gasteiger partial charge < -0.3 is 10.2 Å². The number of amides is 1. The zero-order valence-corrected chi connectivity index (χ0v) is 13.5. The molecule has 1 saturated heterocycles. The van der Waals surface area contributed by atoms with Crippen LogP contribution in [0.3, 0.4) is 0 Å². The van der Waals surface area contributed by atoms with Crippen molar-refractivity contribution >= 4 is 21.8 Å². The molecule has 0 radical (unpaired) electrons. The number of carbonyl (C=O) groups excluding carboxylic acids is 1. The number of nitrogens with one attached hydrogen (secondary N) is 1. The highest BCUT2D eigenvalue weighted by Crippen LogP contribution is 2.11. The van der Waals surface area contributed by atoms with Gasteiger partial charge in [-0.25, -0.2) is 4.98 Å². The van der Waals surface area contributed by atoms with Gasteiger partial charge in [0.15, 0.2) is 0 Å². The van der Waals surface area contributed by atoms with Crippen molar-refractivity contribution in [3.63, 3.8) is 0 Å². The molecule has 2 rings (SSSR count). The van der Waals surface area contributed by atoms with Crippen LogP contribution in [-0.2, 0) is 0 Å². The third-order valence-corrected chi connectivity index (χ3v) is 4.05. The van der Waals surface area contributed by atoms with E-state index in [2.05, 4.69) is 38.1 Å². The average Bonchev–Trinajstić information content (AvgIpc) is 2.46. The molecule has 1 amide bonds. The minimum Gasteiger partial charge on any atom is -0.352 e. The fourth-order valence-corrected chi connectivity index (χ4v) is 2.92. The molecular weight excluding hydrogens is 318 g/mol. The minimum absolute atomic E-state index is 0.0291. The van der Waals surface area contributed by atoms with Crippen LogP contribution in [0.5, 0.6) is 0 Å². The molecule has 0 spiro atoms. The van der Waals surface area contributed by atoms with Crippen LogP contribution in [0.2, 0.25) is 0 Å². The summed E-state index contributed by atoms with van der Waals surface area (Å²) in [5.74, 6) is 0.445. The number of pyridine rings is 1.